The molecule has 1 fully saturated rings. The van der Waals surface area contributed by atoms with Crippen LogP contribution in [0.4, 0.5) is 5.69 Å². The Morgan fingerprint density at radius 2 is 2.30 bits per heavy atom. The number of ether oxygens (including phenoxy) is 1. The maximum atomic E-state index is 10.8. The second-order valence-electron chi connectivity index (χ2n) is 5.88. The van der Waals surface area contributed by atoms with E-state index < -0.39 is 4.92 Å². The van der Waals surface area contributed by atoms with Crippen LogP contribution >= 0.6 is 0 Å². The van der Waals surface area contributed by atoms with E-state index in [9.17, 15) is 10.1 Å². The number of nitro groups is 1. The molecule has 1 aliphatic rings. The van der Waals surface area contributed by atoms with Gasteiger partial charge in [0.15, 0.2) is 5.96 Å². The molecule has 1 aromatic carbocycles. The summed E-state index contributed by atoms with van der Waals surface area (Å²) < 4.78 is 5.75. The van der Waals surface area contributed by atoms with Crippen molar-refractivity contribution in [1.82, 2.24) is 10.6 Å². The van der Waals surface area contributed by atoms with Crippen LogP contribution in [0.25, 0.3) is 0 Å². The fourth-order valence-corrected chi connectivity index (χ4v) is 2.53. The highest BCUT2D eigenvalue weighted by molar-refractivity contribution is 5.79. The van der Waals surface area contributed by atoms with E-state index in [1.165, 1.54) is 6.07 Å². The Labute approximate surface area is 136 Å². The lowest BCUT2D eigenvalue weighted by Crippen LogP contribution is -2.45. The van der Waals surface area contributed by atoms with Gasteiger partial charge in [-0.15, -0.1) is 0 Å². The van der Waals surface area contributed by atoms with Gasteiger partial charge in [0.05, 0.1) is 17.1 Å². The highest BCUT2D eigenvalue weighted by Gasteiger charge is 2.29. The van der Waals surface area contributed by atoms with Gasteiger partial charge in [-0.25, -0.2) is 4.99 Å². The van der Waals surface area contributed by atoms with Gasteiger partial charge in [0.1, 0.15) is 0 Å². The van der Waals surface area contributed by atoms with Crippen molar-refractivity contribution in [3.8, 4) is 0 Å². The number of nitro benzene ring substituents is 1. The van der Waals surface area contributed by atoms with E-state index in [-0.39, 0.29) is 11.3 Å². The predicted molar refractivity (Wildman–Crippen MR) is 89.5 cm³/mol. The molecule has 1 saturated heterocycles. The van der Waals surface area contributed by atoms with Crippen molar-refractivity contribution >= 4 is 11.6 Å². The molecule has 0 saturated carbocycles. The number of hydrogen-bond acceptors (Lipinski definition) is 4. The van der Waals surface area contributed by atoms with Crippen LogP contribution in [-0.2, 0) is 11.3 Å². The van der Waals surface area contributed by atoms with Crippen LogP contribution in [0.15, 0.2) is 29.3 Å². The number of non-ortho nitro benzene ring substituents is 1. The Bertz CT molecular complexity index is 568. The van der Waals surface area contributed by atoms with Crippen LogP contribution in [0.2, 0.25) is 0 Å². The second kappa shape index (κ2) is 7.92. The minimum absolute atomic E-state index is 0.0857. The maximum absolute atomic E-state index is 10.8. The number of aliphatic imine (C=N–C) groups is 1. The van der Waals surface area contributed by atoms with E-state index in [1.807, 2.05) is 13.0 Å². The first kappa shape index (κ1) is 17.2. The average Bonchev–Trinajstić information content (AvgIpc) is 2.97. The zero-order valence-corrected chi connectivity index (χ0v) is 13.7. The summed E-state index contributed by atoms with van der Waals surface area (Å²) in [6, 6.07) is 6.54. The topological polar surface area (TPSA) is 88.8 Å². The van der Waals surface area contributed by atoms with E-state index in [2.05, 4.69) is 22.5 Å². The van der Waals surface area contributed by atoms with Crippen LogP contribution in [0.5, 0.6) is 0 Å². The molecule has 7 nitrogen and oxygen atoms in total. The Kier molecular flexibility index (Phi) is 5.92. The van der Waals surface area contributed by atoms with Crippen LogP contribution in [0.1, 0.15) is 32.3 Å². The Morgan fingerprint density at radius 1 is 1.48 bits per heavy atom. The molecule has 2 N–H and O–H groups in total. The summed E-state index contributed by atoms with van der Waals surface area (Å²) in [7, 11) is 0. The summed E-state index contributed by atoms with van der Waals surface area (Å²) in [4.78, 5) is 14.9. The van der Waals surface area contributed by atoms with Crippen molar-refractivity contribution < 1.29 is 9.66 Å². The number of nitrogens with one attached hydrogen (secondary N) is 2. The van der Waals surface area contributed by atoms with Gasteiger partial charge in [-0.3, -0.25) is 10.1 Å². The lowest BCUT2D eigenvalue weighted by Gasteiger charge is -2.24. The fourth-order valence-electron chi connectivity index (χ4n) is 2.53. The smallest absolute Gasteiger partial charge is 0.269 e. The number of rotatable bonds is 6. The Hall–Kier alpha value is -2.15. The van der Waals surface area contributed by atoms with Gasteiger partial charge in [-0.2, -0.15) is 0 Å². The summed E-state index contributed by atoms with van der Waals surface area (Å²) in [6.07, 6.45) is 2.11. The van der Waals surface area contributed by atoms with E-state index >= 15 is 0 Å². The zero-order valence-electron chi connectivity index (χ0n) is 13.7. The van der Waals surface area contributed by atoms with Crippen molar-refractivity contribution in [3.05, 3.63) is 39.9 Å². The lowest BCUT2D eigenvalue weighted by molar-refractivity contribution is -0.384. The molecule has 0 spiro atoms. The molecule has 2 rings (SSSR count). The molecule has 0 radical (unpaired) electrons. The van der Waals surface area contributed by atoms with Crippen molar-refractivity contribution in [2.24, 2.45) is 4.99 Å². The number of benzene rings is 1. The largest absolute Gasteiger partial charge is 0.373 e. The number of guanidine groups is 1. The molecule has 0 aliphatic carbocycles. The number of nitrogens with zero attached hydrogens (tertiary/aromatic N) is 2. The third-order valence-corrected chi connectivity index (χ3v) is 3.82. The highest BCUT2D eigenvalue weighted by atomic mass is 16.6. The standard InChI is InChI=1S/C16H24N4O3/c1-3-17-15(19-12-16(2)8-5-9-23-16)18-11-13-6-4-7-14(10-13)20(21)22/h4,6-7,10H,3,5,8-9,11-12H2,1-2H3,(H2,17,18,19). The third-order valence-electron chi connectivity index (χ3n) is 3.82. The second-order valence-corrected chi connectivity index (χ2v) is 5.88. The molecule has 0 aromatic heterocycles. The maximum Gasteiger partial charge on any atom is 0.269 e. The minimum Gasteiger partial charge on any atom is -0.373 e. The molecule has 1 atom stereocenters. The molecule has 126 valence electrons. The van der Waals surface area contributed by atoms with E-state index in [0.717, 1.165) is 31.6 Å². The monoisotopic (exact) mass is 320 g/mol. The van der Waals surface area contributed by atoms with E-state index in [4.69, 9.17) is 4.74 Å². The average molecular weight is 320 g/mol. The Balaban J connectivity index is 1.97. The minimum atomic E-state index is -0.394. The third kappa shape index (κ3) is 5.21. The molecule has 1 unspecified atom stereocenters. The quantitative estimate of drug-likeness (QED) is 0.363. The SMILES string of the molecule is CCNC(=NCc1cccc([N+](=O)[O-])c1)NCC1(C)CCCO1. The summed E-state index contributed by atoms with van der Waals surface area (Å²) in [5.74, 6) is 0.690. The first-order valence-corrected chi connectivity index (χ1v) is 7.92. The molecular formula is C16H24N4O3. The van der Waals surface area contributed by atoms with Crippen molar-refractivity contribution in [2.45, 2.75) is 38.8 Å². The lowest BCUT2D eigenvalue weighted by atomic mass is 10.0. The summed E-state index contributed by atoms with van der Waals surface area (Å²) >= 11 is 0. The molecule has 23 heavy (non-hydrogen) atoms. The van der Waals surface area contributed by atoms with Crippen molar-refractivity contribution in [2.75, 3.05) is 19.7 Å². The van der Waals surface area contributed by atoms with Gasteiger partial charge in [0.25, 0.3) is 5.69 Å². The molecule has 1 aromatic rings. The van der Waals surface area contributed by atoms with E-state index in [0.29, 0.717) is 19.0 Å². The number of hydrogen-bond donors (Lipinski definition) is 2. The van der Waals surface area contributed by atoms with Gasteiger partial charge >= 0.3 is 0 Å². The normalized spacial score (nSPS) is 21.2. The van der Waals surface area contributed by atoms with Crippen molar-refractivity contribution in [3.63, 3.8) is 0 Å². The first-order valence-electron chi connectivity index (χ1n) is 7.92. The predicted octanol–water partition coefficient (Wildman–Crippen LogP) is 2.22. The van der Waals surface area contributed by atoms with Gasteiger partial charge in [-0.05, 0) is 32.3 Å². The first-order chi connectivity index (χ1) is 11.0. The van der Waals surface area contributed by atoms with Crippen molar-refractivity contribution in [1.29, 1.82) is 0 Å². The molecule has 1 aliphatic heterocycles. The summed E-state index contributed by atoms with van der Waals surface area (Å²) in [5.41, 5.74) is 0.740. The van der Waals surface area contributed by atoms with Gasteiger partial charge in [0.2, 0.25) is 0 Å². The molecular weight excluding hydrogens is 296 g/mol. The van der Waals surface area contributed by atoms with Gasteiger partial charge < -0.3 is 15.4 Å². The summed E-state index contributed by atoms with van der Waals surface area (Å²) in [5, 5.41) is 17.3. The molecule has 7 heteroatoms. The van der Waals surface area contributed by atoms with E-state index in [1.54, 1.807) is 12.1 Å². The molecule has 1 heterocycles. The van der Waals surface area contributed by atoms with Crippen LogP contribution < -0.4 is 10.6 Å². The van der Waals surface area contributed by atoms with Crippen LogP contribution in [-0.4, -0.2) is 36.2 Å². The van der Waals surface area contributed by atoms with Crippen LogP contribution in [0.3, 0.4) is 0 Å². The zero-order chi connectivity index (χ0) is 16.7. The Morgan fingerprint density at radius 3 is 2.96 bits per heavy atom. The molecule has 0 bridgehead atoms. The molecule has 0 amide bonds. The van der Waals surface area contributed by atoms with Gasteiger partial charge in [-0.1, -0.05) is 12.1 Å². The van der Waals surface area contributed by atoms with Crippen LogP contribution in [0, 0.1) is 10.1 Å². The fraction of sp³-hybridized carbons (Fsp3) is 0.562. The summed E-state index contributed by atoms with van der Waals surface area (Å²) in [6.45, 7) is 6.72. The van der Waals surface area contributed by atoms with Gasteiger partial charge in [0, 0.05) is 31.8 Å². The highest BCUT2D eigenvalue weighted by Crippen LogP contribution is 2.23.